The van der Waals surface area contributed by atoms with Crippen molar-refractivity contribution in [2.24, 2.45) is 0 Å². The van der Waals surface area contributed by atoms with Crippen LogP contribution < -0.4 is 9.67 Å². The fourth-order valence-electron chi connectivity index (χ4n) is 1.26. The Morgan fingerprint density at radius 1 is 1.32 bits per heavy atom. The van der Waals surface area contributed by atoms with Crippen molar-refractivity contribution in [2.45, 2.75) is 13.3 Å². The number of carboxylic acids is 1. The molecule has 1 aromatic carbocycles. The minimum Gasteiger partial charge on any atom is -0.481 e. The third kappa shape index (κ3) is 7.84. The van der Waals surface area contributed by atoms with Crippen molar-refractivity contribution in [1.29, 1.82) is 0 Å². The van der Waals surface area contributed by atoms with Crippen molar-refractivity contribution in [2.75, 3.05) is 19.0 Å². The van der Waals surface area contributed by atoms with Gasteiger partial charge < -0.3 is 9.84 Å². The van der Waals surface area contributed by atoms with Gasteiger partial charge in [-0.15, -0.1) is 0 Å². The molecule has 0 unspecified atom stereocenters. The molecule has 124 valence electrons. The molecule has 1 aromatic rings. The van der Waals surface area contributed by atoms with Gasteiger partial charge in [0, 0.05) is 7.11 Å². The predicted octanol–water partition coefficient (Wildman–Crippen LogP) is -0.981. The van der Waals surface area contributed by atoms with Gasteiger partial charge in [-0.2, -0.15) is 0 Å². The molecule has 0 aliphatic heterocycles. The standard InChI is InChI=1S/C8H10AsNO5.C4H8O3/c1-5(11)10-8-6(9(13,14)15)3-2-4-7(8)12;1-7-3-2-4(5)6/h2-4,12H,1H3,(H,10,11)(H2,13,14,15);2-3H2,1H3,(H,5,6). The van der Waals surface area contributed by atoms with Gasteiger partial charge in [0.1, 0.15) is 0 Å². The Morgan fingerprint density at radius 2 is 1.91 bits per heavy atom. The summed E-state index contributed by atoms with van der Waals surface area (Å²) in [5, 5.41) is 19.5. The number of carbonyl (C=O) groups is 2. The minimum absolute atomic E-state index is 0.0938. The number of amides is 1. The van der Waals surface area contributed by atoms with Crippen molar-refractivity contribution in [3.05, 3.63) is 18.2 Å². The smallest absolute Gasteiger partial charge is 0.305 e. The molecule has 0 fully saturated rings. The van der Waals surface area contributed by atoms with E-state index in [2.05, 4.69) is 10.1 Å². The first kappa shape index (κ1) is 20.2. The van der Waals surface area contributed by atoms with E-state index in [0.29, 0.717) is 6.61 Å². The molecule has 0 atom stereocenters. The quantitative estimate of drug-likeness (QED) is 0.323. The summed E-state index contributed by atoms with van der Waals surface area (Å²) < 4.78 is 33.2. The van der Waals surface area contributed by atoms with Crippen LogP contribution in [0.1, 0.15) is 13.3 Å². The number of phenols is 1. The van der Waals surface area contributed by atoms with E-state index in [-0.39, 0.29) is 22.2 Å². The normalized spacial score (nSPS) is 10.4. The number of ether oxygens (including phenoxy) is 1. The van der Waals surface area contributed by atoms with E-state index in [9.17, 15) is 18.4 Å². The van der Waals surface area contributed by atoms with E-state index in [4.69, 9.17) is 13.3 Å². The van der Waals surface area contributed by atoms with Gasteiger partial charge in [0.15, 0.2) is 0 Å². The zero-order chi connectivity index (χ0) is 17.3. The summed E-state index contributed by atoms with van der Waals surface area (Å²) in [7, 11) is 1.48. The Kier molecular flexibility index (Phi) is 8.51. The first-order chi connectivity index (χ1) is 10.1. The summed E-state index contributed by atoms with van der Waals surface area (Å²) in [5.41, 5.74) is -0.225. The number of aromatic hydroxyl groups is 1. The van der Waals surface area contributed by atoms with Crippen molar-refractivity contribution < 1.29 is 36.5 Å². The number of rotatable bonds is 5. The average Bonchev–Trinajstić information content (AvgIpc) is 2.37. The van der Waals surface area contributed by atoms with E-state index in [1.165, 1.54) is 32.2 Å². The van der Waals surface area contributed by atoms with Gasteiger partial charge in [0.25, 0.3) is 0 Å². The molecule has 0 saturated heterocycles. The van der Waals surface area contributed by atoms with Crippen LogP contribution in [0.25, 0.3) is 0 Å². The molecular weight excluding hydrogens is 361 g/mol. The molecule has 5 N–H and O–H groups in total. The topological polar surface area (TPSA) is 153 Å². The van der Waals surface area contributed by atoms with Crippen LogP contribution in [0.2, 0.25) is 0 Å². The predicted molar refractivity (Wildman–Crippen MR) is 77.1 cm³/mol. The molecule has 0 saturated carbocycles. The third-order valence-electron chi connectivity index (χ3n) is 2.16. The van der Waals surface area contributed by atoms with Gasteiger partial charge >= 0.3 is 94.1 Å². The van der Waals surface area contributed by atoms with Gasteiger partial charge in [0.2, 0.25) is 0 Å². The van der Waals surface area contributed by atoms with Gasteiger partial charge in [-0.1, -0.05) is 0 Å². The number of benzene rings is 1. The van der Waals surface area contributed by atoms with E-state index in [1.807, 2.05) is 0 Å². The molecule has 0 aromatic heterocycles. The maximum Gasteiger partial charge on any atom is 0.305 e. The molecule has 0 heterocycles. The van der Waals surface area contributed by atoms with E-state index in [0.717, 1.165) is 0 Å². The average molecular weight is 379 g/mol. The van der Waals surface area contributed by atoms with Gasteiger partial charge in [-0.3, -0.25) is 4.79 Å². The van der Waals surface area contributed by atoms with Gasteiger partial charge in [0.05, 0.1) is 13.0 Å². The Morgan fingerprint density at radius 3 is 2.27 bits per heavy atom. The molecule has 0 aliphatic carbocycles. The number of hydrogen-bond donors (Lipinski definition) is 5. The maximum atomic E-state index is 11.1. The van der Waals surface area contributed by atoms with Crippen LogP contribution in [0, 0.1) is 0 Å². The molecule has 10 heteroatoms. The molecule has 0 bridgehead atoms. The molecule has 0 radical (unpaired) electrons. The van der Waals surface area contributed by atoms with Crippen LogP contribution in [0.3, 0.4) is 0 Å². The number of carbonyl (C=O) groups excluding carboxylic acids is 1. The van der Waals surface area contributed by atoms with Crippen LogP contribution in [0.15, 0.2) is 18.2 Å². The summed E-state index contributed by atoms with van der Waals surface area (Å²) in [6, 6.07) is 3.71. The monoisotopic (exact) mass is 379 g/mol. The first-order valence-corrected chi connectivity index (χ1v) is 9.34. The molecule has 9 nitrogen and oxygen atoms in total. The second-order valence-corrected chi connectivity index (χ2v) is 7.33. The van der Waals surface area contributed by atoms with Crippen molar-refractivity contribution in [3.8, 4) is 5.75 Å². The summed E-state index contributed by atoms with van der Waals surface area (Å²) in [4.78, 5) is 20.5. The Hall–Kier alpha value is -1.80. The number of hydrogen-bond acceptors (Lipinski definition) is 5. The van der Waals surface area contributed by atoms with E-state index >= 15 is 0 Å². The van der Waals surface area contributed by atoms with E-state index in [1.54, 1.807) is 0 Å². The second-order valence-electron chi connectivity index (χ2n) is 4.03. The number of nitrogens with one attached hydrogen (secondary N) is 1. The third-order valence-corrected chi connectivity index (χ3v) is 4.25. The summed E-state index contributed by atoms with van der Waals surface area (Å²) in [6.07, 6.45) is 0.0938. The Balaban J connectivity index is 0.000000534. The molecule has 0 spiro atoms. The van der Waals surface area contributed by atoms with Crippen molar-refractivity contribution in [3.63, 3.8) is 0 Å². The number of methoxy groups -OCH3 is 1. The van der Waals surface area contributed by atoms with Crippen LogP contribution in [-0.2, 0) is 18.1 Å². The fraction of sp³-hybridized carbons (Fsp3) is 0.333. The molecule has 22 heavy (non-hydrogen) atoms. The summed E-state index contributed by atoms with van der Waals surface area (Å²) >= 11 is -5.14. The summed E-state index contributed by atoms with van der Waals surface area (Å²) in [5.74, 6) is -1.70. The maximum absolute atomic E-state index is 11.1. The Labute approximate surface area is 129 Å². The first-order valence-electron chi connectivity index (χ1n) is 5.96. The summed E-state index contributed by atoms with van der Waals surface area (Å²) in [6.45, 7) is 1.48. The van der Waals surface area contributed by atoms with E-state index < -0.39 is 26.0 Å². The Bertz CT molecular complexity index is 568. The molecule has 1 rings (SSSR count). The second kappa shape index (κ2) is 9.26. The zero-order valence-corrected chi connectivity index (χ0v) is 13.9. The largest absolute Gasteiger partial charge is 0.481 e. The molecule has 0 aliphatic rings. The van der Waals surface area contributed by atoms with Gasteiger partial charge in [-0.05, 0) is 0 Å². The SMILES string of the molecule is CC(=O)Nc1c(O)cccc1[As](=O)(O)O.COCCC(=O)O. The number of carboxylic acid groups (broad SMARTS) is 1. The van der Waals surface area contributed by atoms with Crippen molar-refractivity contribution in [1.82, 2.24) is 0 Å². The fourth-order valence-corrected chi connectivity index (χ4v) is 2.82. The minimum atomic E-state index is -5.14. The number of para-hydroxylation sites is 1. The van der Waals surface area contributed by atoms with Crippen LogP contribution >= 0.6 is 0 Å². The number of anilines is 1. The van der Waals surface area contributed by atoms with Crippen LogP contribution in [0.4, 0.5) is 5.69 Å². The van der Waals surface area contributed by atoms with Gasteiger partial charge in [-0.25, -0.2) is 0 Å². The van der Waals surface area contributed by atoms with Crippen LogP contribution in [0.5, 0.6) is 5.75 Å². The number of phenolic OH excluding ortho intramolecular Hbond substituents is 1. The zero-order valence-electron chi connectivity index (χ0n) is 12.0. The number of aliphatic carboxylic acids is 1. The molecule has 1 amide bonds. The van der Waals surface area contributed by atoms with Crippen molar-refractivity contribution >= 4 is 36.1 Å². The molecular formula is C12H18AsNO8. The van der Waals surface area contributed by atoms with Crippen LogP contribution in [-0.4, -0.2) is 58.2 Å².